The third-order valence-corrected chi connectivity index (χ3v) is 3.69. The van der Waals surface area contributed by atoms with E-state index < -0.39 is 0 Å². The number of hydrogen-bond donors (Lipinski definition) is 1. The number of oxazole rings is 1. The number of nitrogens with zero attached hydrogens (tertiary/aromatic N) is 1. The molecule has 0 aliphatic heterocycles. The Morgan fingerprint density at radius 1 is 1.05 bits per heavy atom. The minimum atomic E-state index is 0.573. The molecule has 0 atom stereocenters. The van der Waals surface area contributed by atoms with Crippen LogP contribution in [0.25, 0.3) is 22.6 Å². The Labute approximate surface area is 127 Å². The summed E-state index contributed by atoms with van der Waals surface area (Å²) in [5.74, 6) is 0.573. The number of hydrogen-bond acceptors (Lipinski definition) is 3. The maximum atomic E-state index is 5.94. The van der Waals surface area contributed by atoms with Crippen LogP contribution in [-0.4, -0.2) is 4.98 Å². The summed E-state index contributed by atoms with van der Waals surface area (Å²) in [4.78, 5) is 4.49. The fraction of sp³-hybridized carbons (Fsp3) is 0.0714. The zero-order valence-corrected chi connectivity index (χ0v) is 13.2. The molecule has 0 fully saturated rings. The Hall–Kier alpha value is -1.33. The minimum absolute atomic E-state index is 0.573. The number of halogens is 2. The third kappa shape index (κ3) is 2.40. The second-order valence-corrected chi connectivity index (χ2v) is 6.21. The van der Waals surface area contributed by atoms with Gasteiger partial charge in [-0.05, 0) is 42.8 Å². The van der Waals surface area contributed by atoms with E-state index in [0.29, 0.717) is 17.2 Å². The number of aromatic nitrogens is 1. The summed E-state index contributed by atoms with van der Waals surface area (Å²) >= 11 is 6.88. The number of nitrogens with two attached hydrogens (primary N) is 1. The fourth-order valence-electron chi connectivity index (χ4n) is 2.01. The number of benzene rings is 2. The third-order valence-electron chi connectivity index (χ3n) is 2.77. The molecule has 5 heteroatoms. The molecular weight excluding hydrogens is 372 g/mol. The smallest absolute Gasteiger partial charge is 0.227 e. The second kappa shape index (κ2) is 4.65. The molecule has 0 amide bonds. The van der Waals surface area contributed by atoms with Crippen molar-refractivity contribution < 1.29 is 4.42 Å². The highest BCUT2D eigenvalue weighted by atomic mass is 79.9. The van der Waals surface area contributed by atoms with E-state index in [4.69, 9.17) is 10.2 Å². The summed E-state index contributed by atoms with van der Waals surface area (Å²) in [6, 6.07) is 9.74. The van der Waals surface area contributed by atoms with Crippen molar-refractivity contribution in [3.05, 3.63) is 44.8 Å². The van der Waals surface area contributed by atoms with E-state index in [1.165, 1.54) is 0 Å². The quantitative estimate of drug-likeness (QED) is 0.609. The van der Waals surface area contributed by atoms with Crippen molar-refractivity contribution in [2.24, 2.45) is 0 Å². The molecule has 1 aromatic heterocycles. The summed E-state index contributed by atoms with van der Waals surface area (Å²) in [7, 11) is 0. The number of rotatable bonds is 1. The number of anilines is 1. The maximum absolute atomic E-state index is 5.94. The van der Waals surface area contributed by atoms with Crippen molar-refractivity contribution in [2.75, 3.05) is 5.73 Å². The Kier molecular flexibility index (Phi) is 3.11. The van der Waals surface area contributed by atoms with Crippen molar-refractivity contribution in [3.8, 4) is 11.5 Å². The molecule has 2 aromatic carbocycles. The molecule has 0 saturated carbocycles. The lowest BCUT2D eigenvalue weighted by Gasteiger charge is -1.99. The molecule has 0 saturated heterocycles. The predicted octanol–water partition coefficient (Wildman–Crippen LogP) is 4.91. The van der Waals surface area contributed by atoms with Gasteiger partial charge in [0.2, 0.25) is 5.89 Å². The molecule has 0 aliphatic rings. The topological polar surface area (TPSA) is 52.0 Å². The van der Waals surface area contributed by atoms with Crippen LogP contribution in [0.5, 0.6) is 0 Å². The van der Waals surface area contributed by atoms with E-state index in [9.17, 15) is 0 Å². The van der Waals surface area contributed by atoms with E-state index in [2.05, 4.69) is 36.8 Å². The van der Waals surface area contributed by atoms with Crippen molar-refractivity contribution in [1.29, 1.82) is 0 Å². The molecule has 3 aromatic rings. The normalized spacial score (nSPS) is 11.1. The van der Waals surface area contributed by atoms with Gasteiger partial charge in [0.25, 0.3) is 0 Å². The maximum Gasteiger partial charge on any atom is 0.227 e. The molecule has 3 rings (SSSR count). The predicted molar refractivity (Wildman–Crippen MR) is 84.0 cm³/mol. The summed E-state index contributed by atoms with van der Waals surface area (Å²) in [5.41, 5.74) is 9.95. The van der Waals surface area contributed by atoms with Gasteiger partial charge in [-0.2, -0.15) is 0 Å². The first-order valence-electron chi connectivity index (χ1n) is 5.66. The van der Waals surface area contributed by atoms with E-state index in [-0.39, 0.29) is 0 Å². The van der Waals surface area contributed by atoms with Gasteiger partial charge in [0, 0.05) is 14.5 Å². The first kappa shape index (κ1) is 12.7. The van der Waals surface area contributed by atoms with E-state index in [0.717, 1.165) is 25.6 Å². The largest absolute Gasteiger partial charge is 0.434 e. The summed E-state index contributed by atoms with van der Waals surface area (Å²) in [5, 5.41) is 0. The molecule has 0 unspecified atom stereocenters. The van der Waals surface area contributed by atoms with Gasteiger partial charge in [-0.1, -0.05) is 31.9 Å². The molecular formula is C14H10Br2N2O. The van der Waals surface area contributed by atoms with Crippen LogP contribution in [0.1, 0.15) is 5.56 Å². The monoisotopic (exact) mass is 380 g/mol. The zero-order chi connectivity index (χ0) is 13.6. The highest BCUT2D eigenvalue weighted by molar-refractivity contribution is 9.10. The summed E-state index contributed by atoms with van der Waals surface area (Å²) in [6.07, 6.45) is 0. The van der Waals surface area contributed by atoms with Crippen LogP contribution in [-0.2, 0) is 0 Å². The Morgan fingerprint density at radius 3 is 2.53 bits per heavy atom. The van der Waals surface area contributed by atoms with E-state index in [1.54, 1.807) is 0 Å². The zero-order valence-electron chi connectivity index (χ0n) is 10.1. The average molecular weight is 382 g/mol. The van der Waals surface area contributed by atoms with Crippen LogP contribution >= 0.6 is 31.9 Å². The van der Waals surface area contributed by atoms with Crippen LogP contribution < -0.4 is 5.73 Å². The van der Waals surface area contributed by atoms with Gasteiger partial charge in [0.1, 0.15) is 5.52 Å². The lowest BCUT2D eigenvalue weighted by atomic mass is 10.1. The molecule has 2 N–H and O–H groups in total. The molecule has 3 nitrogen and oxygen atoms in total. The summed E-state index contributed by atoms with van der Waals surface area (Å²) in [6.45, 7) is 2.03. The van der Waals surface area contributed by atoms with Gasteiger partial charge in [-0.3, -0.25) is 0 Å². The number of nitrogen functional groups attached to an aromatic ring is 1. The van der Waals surface area contributed by atoms with E-state index >= 15 is 0 Å². The molecule has 19 heavy (non-hydrogen) atoms. The highest BCUT2D eigenvalue weighted by Crippen LogP contribution is 2.32. The molecule has 0 bridgehead atoms. The standard InChI is InChI=1S/C14H10Br2N2O/c1-7-2-8(4-9(15)3-7)14-18-12-6-10(16)5-11(17)13(12)19-14/h2-6H,17H2,1H3. The molecule has 96 valence electrons. The van der Waals surface area contributed by atoms with Crippen molar-refractivity contribution in [3.63, 3.8) is 0 Å². The molecule has 0 radical (unpaired) electrons. The fourth-order valence-corrected chi connectivity index (χ4v) is 3.08. The van der Waals surface area contributed by atoms with Crippen LogP contribution in [0, 0.1) is 6.92 Å². The van der Waals surface area contributed by atoms with Crippen LogP contribution in [0.2, 0.25) is 0 Å². The van der Waals surface area contributed by atoms with Crippen LogP contribution in [0.4, 0.5) is 5.69 Å². The Bertz CT molecular complexity index is 760. The number of aryl methyl sites for hydroxylation is 1. The first-order chi connectivity index (χ1) is 9.02. The second-order valence-electron chi connectivity index (χ2n) is 4.38. The van der Waals surface area contributed by atoms with Gasteiger partial charge in [0.05, 0.1) is 5.69 Å². The molecule has 0 aliphatic carbocycles. The van der Waals surface area contributed by atoms with Gasteiger partial charge in [0.15, 0.2) is 5.58 Å². The summed E-state index contributed by atoms with van der Waals surface area (Å²) < 4.78 is 7.66. The van der Waals surface area contributed by atoms with Crippen molar-refractivity contribution in [2.45, 2.75) is 6.92 Å². The lowest BCUT2D eigenvalue weighted by molar-refractivity contribution is 0.621. The minimum Gasteiger partial charge on any atom is -0.434 e. The van der Waals surface area contributed by atoms with Crippen LogP contribution in [0.3, 0.4) is 0 Å². The SMILES string of the molecule is Cc1cc(Br)cc(-c2nc3cc(Br)cc(N)c3o2)c1. The lowest BCUT2D eigenvalue weighted by Crippen LogP contribution is -1.84. The van der Waals surface area contributed by atoms with Gasteiger partial charge >= 0.3 is 0 Å². The van der Waals surface area contributed by atoms with Gasteiger partial charge in [-0.15, -0.1) is 0 Å². The Balaban J connectivity index is 2.23. The van der Waals surface area contributed by atoms with Gasteiger partial charge in [-0.25, -0.2) is 4.98 Å². The average Bonchev–Trinajstić information content (AvgIpc) is 2.71. The van der Waals surface area contributed by atoms with E-state index in [1.807, 2.05) is 37.3 Å². The van der Waals surface area contributed by atoms with Crippen molar-refractivity contribution >= 4 is 48.6 Å². The molecule has 0 spiro atoms. The van der Waals surface area contributed by atoms with Crippen LogP contribution in [0.15, 0.2) is 43.7 Å². The Morgan fingerprint density at radius 2 is 1.79 bits per heavy atom. The first-order valence-corrected chi connectivity index (χ1v) is 7.24. The van der Waals surface area contributed by atoms with Crippen molar-refractivity contribution in [1.82, 2.24) is 4.98 Å². The number of fused-ring (bicyclic) bond motifs is 1. The van der Waals surface area contributed by atoms with Gasteiger partial charge < -0.3 is 10.2 Å². The molecule has 1 heterocycles. The highest BCUT2D eigenvalue weighted by Gasteiger charge is 2.12.